The van der Waals surface area contributed by atoms with Crippen LogP contribution in [0.25, 0.3) is 0 Å². The largest absolute Gasteiger partial charge is 0.0620 e. The Morgan fingerprint density at radius 3 is 0.886 bits per heavy atom. The van der Waals surface area contributed by atoms with Crippen molar-refractivity contribution in [1.82, 2.24) is 0 Å². The molecule has 0 aliphatic heterocycles. The Kier molecular flexibility index (Phi) is 6.94. The molecule has 0 saturated heterocycles. The van der Waals surface area contributed by atoms with Crippen LogP contribution in [0.2, 0.25) is 0 Å². The first-order valence-corrected chi connectivity index (χ1v) is 15.2. The third kappa shape index (κ3) is 2.48. The minimum absolute atomic E-state index is 0. The van der Waals surface area contributed by atoms with Crippen molar-refractivity contribution in [3.05, 3.63) is 0 Å². The molecule has 0 bridgehead atoms. The molecule has 4 aliphatic rings. The summed E-state index contributed by atoms with van der Waals surface area (Å²) in [4.78, 5) is 0. The smallest absolute Gasteiger partial charge is 0 e. The maximum atomic E-state index is 2.84. The Balaban J connectivity index is 0.00000342. The molecule has 0 aromatic carbocycles. The van der Waals surface area contributed by atoms with E-state index in [0.29, 0.717) is 38.9 Å². The summed E-state index contributed by atoms with van der Waals surface area (Å²) in [5.74, 6) is 8.25. The third-order valence-electron chi connectivity index (χ3n) is 18.4. The normalized spacial score (nSPS) is 68.3. The average Bonchev–Trinajstić information content (AvgIpc) is 2.95. The van der Waals surface area contributed by atoms with E-state index in [4.69, 9.17) is 0 Å². The fourth-order valence-corrected chi connectivity index (χ4v) is 14.3. The van der Waals surface area contributed by atoms with Crippen LogP contribution < -0.4 is 0 Å². The molecular formula is C34H62V. The molecule has 17 unspecified atom stereocenters. The van der Waals surface area contributed by atoms with Gasteiger partial charge in [-0.15, -0.1) is 0 Å². The Morgan fingerprint density at radius 2 is 0.543 bits per heavy atom. The molecule has 0 spiro atoms. The third-order valence-corrected chi connectivity index (χ3v) is 18.4. The molecule has 0 heterocycles. The van der Waals surface area contributed by atoms with Gasteiger partial charge in [0.25, 0.3) is 0 Å². The van der Waals surface area contributed by atoms with E-state index in [0.717, 1.165) is 53.3 Å². The van der Waals surface area contributed by atoms with E-state index in [9.17, 15) is 0 Å². The van der Waals surface area contributed by atoms with E-state index in [2.05, 4.69) is 118 Å². The molecule has 4 rings (SSSR count). The fourth-order valence-electron chi connectivity index (χ4n) is 14.3. The fraction of sp³-hybridized carbons (Fsp3) is 1.00. The predicted molar refractivity (Wildman–Crippen MR) is 149 cm³/mol. The first kappa shape index (κ1) is 30.1. The van der Waals surface area contributed by atoms with E-state index in [1.807, 2.05) is 0 Å². The van der Waals surface area contributed by atoms with Gasteiger partial charge in [0, 0.05) is 18.6 Å². The number of hydrogen-bond acceptors (Lipinski definition) is 0. The van der Waals surface area contributed by atoms with Crippen molar-refractivity contribution in [3.8, 4) is 0 Å². The SMILES string of the molecule is CC1C(C)C(C)C2(C)C(C)(C1C)C(C)C(C)C1(C)C3(C)C(C)C(C)C(C)C3(C)C(C)C(C)C21C.[V]. The van der Waals surface area contributed by atoms with Gasteiger partial charge in [-0.1, -0.05) is 118 Å². The molecule has 4 saturated carbocycles. The van der Waals surface area contributed by atoms with Crippen LogP contribution >= 0.6 is 0 Å². The number of fused-ring (bicyclic) bond motifs is 5. The molecule has 0 amide bonds. The van der Waals surface area contributed by atoms with E-state index >= 15 is 0 Å². The summed E-state index contributed by atoms with van der Waals surface area (Å²) in [6.07, 6.45) is 0. The quantitative estimate of drug-likeness (QED) is 0.297. The van der Waals surface area contributed by atoms with Gasteiger partial charge in [-0.2, -0.15) is 0 Å². The molecule has 4 aliphatic carbocycles. The van der Waals surface area contributed by atoms with Gasteiger partial charge >= 0.3 is 0 Å². The maximum Gasteiger partial charge on any atom is 0 e. The van der Waals surface area contributed by atoms with Crippen LogP contribution in [0.4, 0.5) is 0 Å². The van der Waals surface area contributed by atoms with Crippen LogP contribution in [-0.4, -0.2) is 0 Å². The van der Waals surface area contributed by atoms with Gasteiger partial charge in [0.05, 0.1) is 0 Å². The van der Waals surface area contributed by atoms with Crippen molar-refractivity contribution < 1.29 is 18.6 Å². The molecule has 0 nitrogen and oxygen atoms in total. The van der Waals surface area contributed by atoms with Crippen molar-refractivity contribution in [2.75, 3.05) is 0 Å². The summed E-state index contributed by atoms with van der Waals surface area (Å²) in [6, 6.07) is 0. The Bertz CT molecular complexity index is 850. The zero-order valence-corrected chi connectivity index (χ0v) is 28.2. The number of rotatable bonds is 0. The molecule has 0 aromatic heterocycles. The molecular weight excluding hydrogens is 459 g/mol. The summed E-state index contributed by atoms with van der Waals surface area (Å²) >= 11 is 0. The molecule has 35 heavy (non-hydrogen) atoms. The monoisotopic (exact) mass is 521 g/mol. The van der Waals surface area contributed by atoms with Crippen molar-refractivity contribution in [1.29, 1.82) is 0 Å². The van der Waals surface area contributed by atoms with E-state index in [1.165, 1.54) is 0 Å². The minimum atomic E-state index is 0. The Labute approximate surface area is 233 Å². The van der Waals surface area contributed by atoms with Crippen molar-refractivity contribution >= 4 is 0 Å². The second-order valence-corrected chi connectivity index (χ2v) is 16.3. The molecule has 1 heteroatoms. The van der Waals surface area contributed by atoms with E-state index in [1.54, 1.807) is 0 Å². The van der Waals surface area contributed by atoms with E-state index in [-0.39, 0.29) is 24.0 Å². The summed E-state index contributed by atoms with van der Waals surface area (Å²) < 4.78 is 0. The molecule has 0 N–H and O–H groups in total. The minimum Gasteiger partial charge on any atom is -0.0620 e. The van der Waals surface area contributed by atoms with Gasteiger partial charge in [-0.05, 0) is 97.6 Å². The zero-order chi connectivity index (χ0) is 26.4. The molecule has 203 valence electrons. The first-order valence-electron chi connectivity index (χ1n) is 15.2. The Hall–Kier alpha value is 0.584. The Morgan fingerprint density at radius 1 is 0.286 bits per heavy atom. The summed E-state index contributed by atoms with van der Waals surface area (Å²) in [7, 11) is 0. The van der Waals surface area contributed by atoms with Crippen LogP contribution in [0.15, 0.2) is 0 Å². The maximum absolute atomic E-state index is 2.84. The average molecular weight is 522 g/mol. The van der Waals surface area contributed by atoms with Gasteiger partial charge in [-0.25, -0.2) is 0 Å². The number of hydrogen-bond donors (Lipinski definition) is 0. The second kappa shape index (κ2) is 8.06. The van der Waals surface area contributed by atoms with Gasteiger partial charge in [0.2, 0.25) is 0 Å². The zero-order valence-electron chi connectivity index (χ0n) is 26.8. The summed E-state index contributed by atoms with van der Waals surface area (Å²) in [6.45, 7) is 46.0. The molecule has 17 atom stereocenters. The molecule has 0 aromatic rings. The summed E-state index contributed by atoms with van der Waals surface area (Å²) in [5.41, 5.74) is 1.93. The second-order valence-electron chi connectivity index (χ2n) is 16.3. The van der Waals surface area contributed by atoms with Crippen LogP contribution in [0, 0.1) is 97.6 Å². The first-order chi connectivity index (χ1) is 15.2. The van der Waals surface area contributed by atoms with Gasteiger partial charge in [-0.3, -0.25) is 0 Å². The van der Waals surface area contributed by atoms with Crippen LogP contribution in [0.5, 0.6) is 0 Å². The molecule has 4 fully saturated rings. The van der Waals surface area contributed by atoms with Crippen LogP contribution in [0.1, 0.15) is 118 Å². The van der Waals surface area contributed by atoms with Crippen LogP contribution in [0.3, 0.4) is 0 Å². The molecule has 1 radical (unpaired) electrons. The van der Waals surface area contributed by atoms with Crippen LogP contribution in [-0.2, 0) is 18.6 Å². The van der Waals surface area contributed by atoms with Gasteiger partial charge in [0.1, 0.15) is 0 Å². The van der Waals surface area contributed by atoms with Crippen molar-refractivity contribution in [2.45, 2.75) is 118 Å². The summed E-state index contributed by atoms with van der Waals surface area (Å²) in [5, 5.41) is 0. The topological polar surface area (TPSA) is 0 Å². The van der Waals surface area contributed by atoms with Gasteiger partial charge < -0.3 is 0 Å². The van der Waals surface area contributed by atoms with Crippen molar-refractivity contribution in [2.24, 2.45) is 97.6 Å². The predicted octanol–water partition coefficient (Wildman–Crippen LogP) is 10.1. The standard InChI is InChI=1S/C34H62.V/c1-18-19(2)23(6)31(14)29(12,21(18)4)25(8)27(10)34(17)32(15)24(7)20(3)22(5)30(32,13)26(9)28(11)33(31,34)16;/h18-28H,1-17H3;. The van der Waals surface area contributed by atoms with Gasteiger partial charge in [0.15, 0.2) is 0 Å². The van der Waals surface area contributed by atoms with E-state index < -0.39 is 0 Å². The van der Waals surface area contributed by atoms with Crippen molar-refractivity contribution in [3.63, 3.8) is 0 Å².